The number of benzene rings is 1. The van der Waals surface area contributed by atoms with E-state index in [4.69, 9.17) is 4.74 Å². The van der Waals surface area contributed by atoms with Gasteiger partial charge in [0.25, 0.3) is 0 Å². The lowest BCUT2D eigenvalue weighted by Crippen LogP contribution is -2.52. The highest BCUT2D eigenvalue weighted by atomic mass is 16.5. The number of hydrogen-bond donors (Lipinski definition) is 2. The summed E-state index contributed by atoms with van der Waals surface area (Å²) in [6.45, 7) is 8.80. The van der Waals surface area contributed by atoms with E-state index in [9.17, 15) is 9.90 Å². The molecule has 4 nitrogen and oxygen atoms in total. The van der Waals surface area contributed by atoms with Crippen LogP contribution in [0.2, 0.25) is 0 Å². The Hall–Kier alpha value is -1.55. The molecule has 4 heteroatoms. The van der Waals surface area contributed by atoms with Gasteiger partial charge in [-0.2, -0.15) is 0 Å². The Morgan fingerprint density at radius 3 is 2.20 bits per heavy atom. The van der Waals surface area contributed by atoms with Crippen molar-refractivity contribution >= 4 is 5.97 Å². The lowest BCUT2D eigenvalue weighted by atomic mass is 9.93. The standard InChI is InChI=1S/C16H25NO3/c1-5-16(6-2,15(18)19)17-7-8-20-14-10-12(3)9-13(4)11-14/h9-11,17H,5-8H2,1-4H3,(H,18,19). The minimum atomic E-state index is -0.841. The van der Waals surface area contributed by atoms with E-state index < -0.39 is 11.5 Å². The third kappa shape index (κ3) is 4.23. The summed E-state index contributed by atoms with van der Waals surface area (Å²) in [4.78, 5) is 11.3. The highest BCUT2D eigenvalue weighted by Crippen LogP contribution is 2.17. The minimum Gasteiger partial charge on any atom is -0.492 e. The predicted octanol–water partition coefficient (Wildman–Crippen LogP) is 2.92. The summed E-state index contributed by atoms with van der Waals surface area (Å²) in [6.07, 6.45) is 1.12. The van der Waals surface area contributed by atoms with Crippen molar-refractivity contribution in [3.05, 3.63) is 29.3 Å². The predicted molar refractivity (Wildman–Crippen MR) is 80.4 cm³/mol. The summed E-state index contributed by atoms with van der Waals surface area (Å²) in [5.41, 5.74) is 1.48. The molecule has 1 aromatic carbocycles. The summed E-state index contributed by atoms with van der Waals surface area (Å²) >= 11 is 0. The number of hydrogen-bond acceptors (Lipinski definition) is 3. The van der Waals surface area contributed by atoms with Gasteiger partial charge in [0.2, 0.25) is 0 Å². The molecule has 0 aliphatic carbocycles. The van der Waals surface area contributed by atoms with Crippen molar-refractivity contribution in [3.8, 4) is 5.75 Å². The monoisotopic (exact) mass is 279 g/mol. The molecule has 0 amide bonds. The topological polar surface area (TPSA) is 58.6 Å². The maximum absolute atomic E-state index is 11.3. The van der Waals surface area contributed by atoms with Gasteiger partial charge in [-0.3, -0.25) is 10.1 Å². The largest absolute Gasteiger partial charge is 0.492 e. The van der Waals surface area contributed by atoms with E-state index in [0.717, 1.165) is 16.9 Å². The van der Waals surface area contributed by atoms with Crippen molar-refractivity contribution < 1.29 is 14.6 Å². The molecule has 0 radical (unpaired) electrons. The first-order valence-electron chi connectivity index (χ1n) is 7.13. The molecule has 0 bridgehead atoms. The second-order valence-corrected chi connectivity index (χ2v) is 5.19. The van der Waals surface area contributed by atoms with Gasteiger partial charge in [-0.15, -0.1) is 0 Å². The van der Waals surface area contributed by atoms with E-state index in [2.05, 4.69) is 11.4 Å². The fourth-order valence-electron chi connectivity index (χ4n) is 2.35. The van der Waals surface area contributed by atoms with Gasteiger partial charge in [-0.1, -0.05) is 19.9 Å². The molecule has 112 valence electrons. The van der Waals surface area contributed by atoms with Crippen molar-refractivity contribution in [1.82, 2.24) is 5.32 Å². The van der Waals surface area contributed by atoms with Gasteiger partial charge in [0.05, 0.1) is 0 Å². The van der Waals surface area contributed by atoms with Crippen LogP contribution in [0.1, 0.15) is 37.8 Å². The van der Waals surface area contributed by atoms with Gasteiger partial charge >= 0.3 is 5.97 Å². The minimum absolute atomic E-state index is 0.456. The Kier molecular flexibility index (Phi) is 6.02. The lowest BCUT2D eigenvalue weighted by Gasteiger charge is -2.28. The van der Waals surface area contributed by atoms with Gasteiger partial charge in [0.15, 0.2) is 0 Å². The zero-order valence-electron chi connectivity index (χ0n) is 12.8. The quantitative estimate of drug-likeness (QED) is 0.718. The van der Waals surface area contributed by atoms with Crippen molar-refractivity contribution in [1.29, 1.82) is 0 Å². The number of carbonyl (C=O) groups is 1. The maximum atomic E-state index is 11.3. The van der Waals surface area contributed by atoms with Crippen LogP contribution in [-0.2, 0) is 4.79 Å². The number of aliphatic carboxylic acids is 1. The number of carboxylic acid groups (broad SMARTS) is 1. The first kappa shape index (κ1) is 16.5. The first-order chi connectivity index (χ1) is 9.43. The molecule has 0 unspecified atom stereocenters. The van der Waals surface area contributed by atoms with E-state index in [0.29, 0.717) is 26.0 Å². The van der Waals surface area contributed by atoms with Crippen molar-refractivity contribution in [3.63, 3.8) is 0 Å². The number of carboxylic acids is 1. The highest BCUT2D eigenvalue weighted by Gasteiger charge is 2.33. The molecular weight excluding hydrogens is 254 g/mol. The van der Waals surface area contributed by atoms with Crippen LogP contribution in [0, 0.1) is 13.8 Å². The van der Waals surface area contributed by atoms with E-state index in [1.165, 1.54) is 0 Å². The molecule has 0 spiro atoms. The van der Waals surface area contributed by atoms with E-state index in [1.54, 1.807) is 0 Å². The van der Waals surface area contributed by atoms with E-state index in [-0.39, 0.29) is 0 Å². The molecule has 0 aliphatic rings. The van der Waals surface area contributed by atoms with Crippen LogP contribution in [0.15, 0.2) is 18.2 Å². The highest BCUT2D eigenvalue weighted by molar-refractivity contribution is 5.78. The van der Waals surface area contributed by atoms with E-state index >= 15 is 0 Å². The van der Waals surface area contributed by atoms with Crippen LogP contribution in [-0.4, -0.2) is 29.8 Å². The maximum Gasteiger partial charge on any atom is 0.323 e. The molecule has 1 aromatic rings. The van der Waals surface area contributed by atoms with Crippen LogP contribution in [0.3, 0.4) is 0 Å². The average Bonchev–Trinajstić information content (AvgIpc) is 2.38. The SMILES string of the molecule is CCC(CC)(NCCOc1cc(C)cc(C)c1)C(=O)O. The van der Waals surface area contributed by atoms with Crippen LogP contribution >= 0.6 is 0 Å². The molecule has 0 aromatic heterocycles. The molecular formula is C16H25NO3. The summed E-state index contributed by atoms with van der Waals surface area (Å²) in [6, 6.07) is 6.06. The third-order valence-corrected chi connectivity index (χ3v) is 3.65. The Balaban J connectivity index is 2.50. The average molecular weight is 279 g/mol. The van der Waals surface area contributed by atoms with Crippen molar-refractivity contribution in [2.75, 3.05) is 13.2 Å². The molecule has 1 rings (SSSR count). The molecule has 0 aliphatic heterocycles. The fraction of sp³-hybridized carbons (Fsp3) is 0.562. The van der Waals surface area contributed by atoms with Crippen LogP contribution in [0.5, 0.6) is 5.75 Å². The van der Waals surface area contributed by atoms with Gasteiger partial charge in [-0.05, 0) is 49.9 Å². The Morgan fingerprint density at radius 2 is 1.75 bits per heavy atom. The first-order valence-corrected chi connectivity index (χ1v) is 7.13. The summed E-state index contributed by atoms with van der Waals surface area (Å²) in [5, 5.41) is 12.4. The van der Waals surface area contributed by atoms with Crippen LogP contribution in [0.25, 0.3) is 0 Å². The van der Waals surface area contributed by atoms with Crippen LogP contribution < -0.4 is 10.1 Å². The number of aryl methyl sites for hydroxylation is 2. The molecule has 20 heavy (non-hydrogen) atoms. The molecule has 2 N–H and O–H groups in total. The molecule has 0 atom stereocenters. The molecule has 0 saturated carbocycles. The molecule has 0 heterocycles. The smallest absolute Gasteiger partial charge is 0.323 e. The third-order valence-electron chi connectivity index (χ3n) is 3.65. The number of nitrogens with one attached hydrogen (secondary N) is 1. The summed E-state index contributed by atoms with van der Waals surface area (Å²) in [7, 11) is 0. The fourth-order valence-corrected chi connectivity index (χ4v) is 2.35. The molecule has 0 fully saturated rings. The normalized spacial score (nSPS) is 11.4. The zero-order valence-corrected chi connectivity index (χ0v) is 12.8. The Bertz CT molecular complexity index is 433. The second-order valence-electron chi connectivity index (χ2n) is 5.19. The summed E-state index contributed by atoms with van der Waals surface area (Å²) in [5.74, 6) is 0.0344. The van der Waals surface area contributed by atoms with Gasteiger partial charge < -0.3 is 9.84 Å². The van der Waals surface area contributed by atoms with Crippen LogP contribution in [0.4, 0.5) is 0 Å². The van der Waals surface area contributed by atoms with E-state index in [1.807, 2.05) is 39.8 Å². The van der Waals surface area contributed by atoms with Crippen molar-refractivity contribution in [2.24, 2.45) is 0 Å². The van der Waals surface area contributed by atoms with Crippen molar-refractivity contribution in [2.45, 2.75) is 46.1 Å². The second kappa shape index (κ2) is 7.29. The summed E-state index contributed by atoms with van der Waals surface area (Å²) < 4.78 is 5.68. The zero-order chi connectivity index (χ0) is 15.2. The van der Waals surface area contributed by atoms with Gasteiger partial charge in [-0.25, -0.2) is 0 Å². The number of ether oxygens (including phenoxy) is 1. The number of rotatable bonds is 8. The van der Waals surface area contributed by atoms with Gasteiger partial charge in [0.1, 0.15) is 17.9 Å². The Labute approximate surface area is 121 Å². The Morgan fingerprint density at radius 1 is 1.20 bits per heavy atom. The lowest BCUT2D eigenvalue weighted by molar-refractivity contribution is -0.145. The molecule has 0 saturated heterocycles. The van der Waals surface area contributed by atoms with Gasteiger partial charge in [0, 0.05) is 6.54 Å².